The third kappa shape index (κ3) is 6.16. The lowest BCUT2D eigenvalue weighted by atomic mass is 10.3. The Hall–Kier alpha value is -2.15. The number of methoxy groups -OCH3 is 1. The Bertz CT molecular complexity index is 653. The second-order valence-corrected chi connectivity index (χ2v) is 5.38. The van der Waals surface area contributed by atoms with Crippen molar-refractivity contribution in [3.05, 3.63) is 53.3 Å². The average molecular weight is 350 g/mol. The van der Waals surface area contributed by atoms with E-state index in [1.807, 2.05) is 18.2 Å². The molecule has 0 aliphatic carbocycles. The molecule has 128 valence electrons. The summed E-state index contributed by atoms with van der Waals surface area (Å²) in [5.74, 6) is 0.392. The van der Waals surface area contributed by atoms with Gasteiger partial charge in [0.25, 0.3) is 0 Å². The normalized spacial score (nSPS) is 10.4. The minimum atomic E-state index is -0.149. The summed E-state index contributed by atoms with van der Waals surface area (Å²) in [4.78, 5) is 16.0. The zero-order valence-corrected chi connectivity index (χ0v) is 14.2. The number of anilines is 1. The molecule has 0 aliphatic heterocycles. The first-order valence-electron chi connectivity index (χ1n) is 7.51. The van der Waals surface area contributed by atoms with Crippen LogP contribution in [-0.2, 0) is 16.1 Å². The van der Waals surface area contributed by atoms with Crippen molar-refractivity contribution in [1.29, 1.82) is 0 Å². The molecule has 2 aromatic rings. The Morgan fingerprint density at radius 2 is 2.17 bits per heavy atom. The van der Waals surface area contributed by atoms with Crippen LogP contribution in [0.1, 0.15) is 5.69 Å². The van der Waals surface area contributed by atoms with Gasteiger partial charge in [0, 0.05) is 25.5 Å². The van der Waals surface area contributed by atoms with Gasteiger partial charge in [0.15, 0.2) is 0 Å². The van der Waals surface area contributed by atoms with Crippen LogP contribution in [0.25, 0.3) is 0 Å². The van der Waals surface area contributed by atoms with Gasteiger partial charge >= 0.3 is 0 Å². The molecule has 0 aliphatic rings. The van der Waals surface area contributed by atoms with E-state index in [0.717, 1.165) is 5.69 Å². The molecule has 0 unspecified atom stereocenters. The van der Waals surface area contributed by atoms with Crippen LogP contribution in [-0.4, -0.2) is 37.7 Å². The van der Waals surface area contributed by atoms with E-state index in [1.165, 1.54) is 0 Å². The maximum absolute atomic E-state index is 11.8. The van der Waals surface area contributed by atoms with Crippen LogP contribution in [0.5, 0.6) is 5.75 Å². The van der Waals surface area contributed by atoms with Crippen LogP contribution < -0.4 is 15.4 Å². The third-order valence-electron chi connectivity index (χ3n) is 3.09. The van der Waals surface area contributed by atoms with Gasteiger partial charge in [-0.15, -0.1) is 0 Å². The minimum Gasteiger partial charge on any atom is -0.486 e. The first kappa shape index (κ1) is 18.2. The number of carbonyl (C=O) groups excluding carboxylic acids is 1. The van der Waals surface area contributed by atoms with Crippen LogP contribution in [0.4, 0.5) is 5.69 Å². The lowest BCUT2D eigenvalue weighted by molar-refractivity contribution is -0.115. The van der Waals surface area contributed by atoms with Gasteiger partial charge in [-0.2, -0.15) is 0 Å². The number of aromatic nitrogens is 1. The highest BCUT2D eigenvalue weighted by atomic mass is 35.5. The minimum absolute atomic E-state index is 0.149. The highest BCUT2D eigenvalue weighted by Gasteiger charge is 2.07. The Kier molecular flexibility index (Phi) is 7.48. The van der Waals surface area contributed by atoms with Gasteiger partial charge in [-0.25, -0.2) is 0 Å². The number of benzene rings is 1. The predicted molar refractivity (Wildman–Crippen MR) is 93.4 cm³/mol. The van der Waals surface area contributed by atoms with Gasteiger partial charge in [0.05, 0.1) is 23.9 Å². The molecule has 2 rings (SSSR count). The number of nitrogens with zero attached hydrogens (tertiary/aromatic N) is 1. The van der Waals surface area contributed by atoms with Gasteiger partial charge in [-0.1, -0.05) is 17.7 Å². The summed E-state index contributed by atoms with van der Waals surface area (Å²) in [7, 11) is 1.61. The molecule has 6 nitrogen and oxygen atoms in total. The van der Waals surface area contributed by atoms with Crippen LogP contribution in [0, 0.1) is 0 Å². The van der Waals surface area contributed by atoms with E-state index in [0.29, 0.717) is 36.2 Å². The van der Waals surface area contributed by atoms with Crippen molar-refractivity contribution < 1.29 is 14.3 Å². The van der Waals surface area contributed by atoms with E-state index in [4.69, 9.17) is 21.1 Å². The molecule has 0 saturated carbocycles. The van der Waals surface area contributed by atoms with Gasteiger partial charge in [-0.05, 0) is 30.3 Å². The van der Waals surface area contributed by atoms with E-state index in [-0.39, 0.29) is 12.5 Å². The Balaban J connectivity index is 1.84. The molecule has 1 amide bonds. The maximum atomic E-state index is 11.8. The number of ether oxygens (including phenoxy) is 2. The summed E-state index contributed by atoms with van der Waals surface area (Å²) in [6, 6.07) is 10.7. The van der Waals surface area contributed by atoms with Crippen LogP contribution in [0.3, 0.4) is 0 Å². The molecule has 0 fully saturated rings. The molecule has 1 heterocycles. The van der Waals surface area contributed by atoms with Crippen molar-refractivity contribution in [3.8, 4) is 5.75 Å². The lowest BCUT2D eigenvalue weighted by Gasteiger charge is -2.10. The number of carbonyl (C=O) groups is 1. The summed E-state index contributed by atoms with van der Waals surface area (Å²) < 4.78 is 10.5. The Morgan fingerprint density at radius 1 is 1.29 bits per heavy atom. The molecule has 0 spiro atoms. The van der Waals surface area contributed by atoms with Crippen LogP contribution >= 0.6 is 11.6 Å². The molecule has 7 heteroatoms. The van der Waals surface area contributed by atoms with Crippen molar-refractivity contribution in [2.24, 2.45) is 0 Å². The molecule has 1 aromatic carbocycles. The van der Waals surface area contributed by atoms with E-state index in [9.17, 15) is 4.79 Å². The summed E-state index contributed by atoms with van der Waals surface area (Å²) in [5, 5.41) is 6.16. The zero-order chi connectivity index (χ0) is 17.2. The number of pyridine rings is 1. The fraction of sp³-hybridized carbons (Fsp3) is 0.294. The number of amides is 1. The summed E-state index contributed by atoms with van der Waals surface area (Å²) in [6.07, 6.45) is 1.71. The molecule has 0 saturated heterocycles. The predicted octanol–water partition coefficient (Wildman–Crippen LogP) is 2.49. The number of halogens is 1. The van der Waals surface area contributed by atoms with E-state index in [2.05, 4.69) is 15.6 Å². The van der Waals surface area contributed by atoms with Gasteiger partial charge in [0.2, 0.25) is 5.91 Å². The first-order valence-corrected chi connectivity index (χ1v) is 7.88. The SMILES string of the molecule is COCCNCC(=O)Nc1ccc(OCc2ccccn2)c(Cl)c1. The third-order valence-corrected chi connectivity index (χ3v) is 3.38. The summed E-state index contributed by atoms with van der Waals surface area (Å²) >= 11 is 6.20. The van der Waals surface area contributed by atoms with Crippen LogP contribution in [0.15, 0.2) is 42.6 Å². The standard InChI is InChI=1S/C17H20ClN3O3/c1-23-9-8-19-11-17(22)21-13-5-6-16(15(18)10-13)24-12-14-4-2-3-7-20-14/h2-7,10,19H,8-9,11-12H2,1H3,(H,21,22). The van der Waals surface area contributed by atoms with Crippen molar-refractivity contribution in [2.45, 2.75) is 6.61 Å². The van der Waals surface area contributed by atoms with Crippen molar-refractivity contribution in [2.75, 3.05) is 32.1 Å². The quantitative estimate of drug-likeness (QED) is 0.680. The van der Waals surface area contributed by atoms with Gasteiger partial charge < -0.3 is 20.1 Å². The van der Waals surface area contributed by atoms with E-state index in [1.54, 1.807) is 31.5 Å². The fourth-order valence-corrected chi connectivity index (χ4v) is 2.15. The van der Waals surface area contributed by atoms with Crippen molar-refractivity contribution in [3.63, 3.8) is 0 Å². The van der Waals surface area contributed by atoms with E-state index >= 15 is 0 Å². The number of nitrogens with one attached hydrogen (secondary N) is 2. The van der Waals surface area contributed by atoms with Crippen molar-refractivity contribution in [1.82, 2.24) is 10.3 Å². The molecular weight excluding hydrogens is 330 g/mol. The highest BCUT2D eigenvalue weighted by Crippen LogP contribution is 2.28. The van der Waals surface area contributed by atoms with Crippen molar-refractivity contribution >= 4 is 23.2 Å². The molecule has 2 N–H and O–H groups in total. The number of hydrogen-bond acceptors (Lipinski definition) is 5. The Labute approximate surface area is 146 Å². The summed E-state index contributed by atoms with van der Waals surface area (Å²) in [6.45, 7) is 1.71. The largest absolute Gasteiger partial charge is 0.486 e. The second kappa shape index (κ2) is 9.87. The first-order chi connectivity index (χ1) is 11.7. The molecule has 0 atom stereocenters. The number of hydrogen-bond donors (Lipinski definition) is 2. The molecule has 0 radical (unpaired) electrons. The van der Waals surface area contributed by atoms with Crippen LogP contribution in [0.2, 0.25) is 5.02 Å². The van der Waals surface area contributed by atoms with Gasteiger partial charge in [-0.3, -0.25) is 9.78 Å². The average Bonchev–Trinajstić information content (AvgIpc) is 2.59. The smallest absolute Gasteiger partial charge is 0.238 e. The zero-order valence-electron chi connectivity index (χ0n) is 13.4. The monoisotopic (exact) mass is 349 g/mol. The maximum Gasteiger partial charge on any atom is 0.238 e. The molecule has 24 heavy (non-hydrogen) atoms. The highest BCUT2D eigenvalue weighted by molar-refractivity contribution is 6.32. The Morgan fingerprint density at radius 3 is 2.88 bits per heavy atom. The molecule has 1 aromatic heterocycles. The van der Waals surface area contributed by atoms with Gasteiger partial charge in [0.1, 0.15) is 12.4 Å². The second-order valence-electron chi connectivity index (χ2n) is 4.97. The lowest BCUT2D eigenvalue weighted by Crippen LogP contribution is -2.30. The summed E-state index contributed by atoms with van der Waals surface area (Å²) in [5.41, 5.74) is 1.43. The molecule has 0 bridgehead atoms. The fourth-order valence-electron chi connectivity index (χ4n) is 1.91. The topological polar surface area (TPSA) is 72.5 Å². The molecular formula is C17H20ClN3O3. The van der Waals surface area contributed by atoms with E-state index < -0.39 is 0 Å². The number of rotatable bonds is 9.